The molecule has 1 amide bonds. The number of hydroxylamine groups is 1. The molecule has 4 rings (SSSR count). The Bertz CT molecular complexity index is 976. The van der Waals surface area contributed by atoms with Crippen LogP contribution in [0.3, 0.4) is 0 Å². The van der Waals surface area contributed by atoms with Crippen LogP contribution in [0.4, 0.5) is 0 Å². The molecule has 2 N–H and O–H groups in total. The molecule has 2 aliphatic rings. The number of nitrogens with zero attached hydrogens (tertiary/aromatic N) is 3. The van der Waals surface area contributed by atoms with E-state index in [0.29, 0.717) is 12.1 Å². The minimum absolute atomic E-state index is 0.473. The van der Waals surface area contributed by atoms with Crippen molar-refractivity contribution in [2.75, 3.05) is 39.4 Å². The van der Waals surface area contributed by atoms with Crippen LogP contribution in [0.1, 0.15) is 36.1 Å². The molecule has 0 bridgehead atoms. The zero-order chi connectivity index (χ0) is 24.6. The van der Waals surface area contributed by atoms with E-state index in [-0.39, 0.29) is 0 Å². The van der Waals surface area contributed by atoms with Gasteiger partial charge in [-0.3, -0.25) is 24.7 Å². The Morgan fingerprint density at radius 3 is 2.23 bits per heavy atom. The van der Waals surface area contributed by atoms with Gasteiger partial charge in [0.25, 0.3) is 5.91 Å². The van der Waals surface area contributed by atoms with Crippen molar-refractivity contribution < 1.29 is 14.7 Å². The van der Waals surface area contributed by atoms with Gasteiger partial charge in [-0.15, -0.1) is 0 Å². The zero-order valence-electron chi connectivity index (χ0n) is 20.9. The Labute approximate surface area is 208 Å². The highest BCUT2D eigenvalue weighted by Gasteiger charge is 2.29. The summed E-state index contributed by atoms with van der Waals surface area (Å²) in [6, 6.07) is 18.2. The Hall–Kier alpha value is -2.55. The van der Waals surface area contributed by atoms with E-state index in [1.54, 1.807) is 11.6 Å². The molecule has 2 aromatic carbocycles. The van der Waals surface area contributed by atoms with Crippen LogP contribution in [0.2, 0.25) is 0 Å². The van der Waals surface area contributed by atoms with Crippen LogP contribution in [0.25, 0.3) is 6.08 Å². The molecule has 35 heavy (non-hydrogen) atoms. The number of hydrogen-bond acceptors (Lipinski definition) is 6. The smallest absolute Gasteiger partial charge is 0.267 e. The summed E-state index contributed by atoms with van der Waals surface area (Å²) in [4.78, 5) is 18.8. The molecule has 2 atom stereocenters. The number of carbonyl (C=O) groups excluding carboxylic acids is 1. The third-order valence-corrected chi connectivity index (χ3v) is 6.97. The first-order valence-electron chi connectivity index (χ1n) is 12.6. The van der Waals surface area contributed by atoms with Gasteiger partial charge < -0.3 is 4.74 Å². The number of amides is 1. The Balaban J connectivity index is 1.30. The van der Waals surface area contributed by atoms with E-state index in [0.717, 1.165) is 64.6 Å². The number of ether oxygens (including phenoxy) is 1. The number of hydrogen-bond donors (Lipinski definition) is 2. The highest BCUT2D eigenvalue weighted by atomic mass is 16.5. The highest BCUT2D eigenvalue weighted by Crippen LogP contribution is 2.22. The van der Waals surface area contributed by atoms with Crippen LogP contribution in [-0.2, 0) is 29.2 Å². The maximum absolute atomic E-state index is 11.2. The second-order valence-electron chi connectivity index (χ2n) is 9.82. The quantitative estimate of drug-likeness (QED) is 0.345. The van der Waals surface area contributed by atoms with E-state index in [4.69, 9.17) is 9.94 Å². The van der Waals surface area contributed by atoms with E-state index < -0.39 is 5.91 Å². The summed E-state index contributed by atoms with van der Waals surface area (Å²) in [5.74, 6) is -0.529. The third-order valence-electron chi connectivity index (χ3n) is 6.97. The molecule has 0 aliphatic carbocycles. The maximum atomic E-state index is 11.2. The molecular weight excluding hydrogens is 440 g/mol. The van der Waals surface area contributed by atoms with Crippen LogP contribution in [0.5, 0.6) is 0 Å². The molecule has 7 nitrogen and oxygen atoms in total. The van der Waals surface area contributed by atoms with Crippen LogP contribution < -0.4 is 5.48 Å². The zero-order valence-corrected chi connectivity index (χ0v) is 20.9. The molecule has 2 saturated heterocycles. The highest BCUT2D eigenvalue weighted by molar-refractivity contribution is 5.90. The molecule has 0 radical (unpaired) electrons. The number of nitrogens with one attached hydrogen (secondary N) is 1. The first-order chi connectivity index (χ1) is 17.0. The second-order valence-corrected chi connectivity index (χ2v) is 9.82. The lowest BCUT2D eigenvalue weighted by atomic mass is 10.0. The lowest BCUT2D eigenvalue weighted by molar-refractivity contribution is -0.124. The van der Waals surface area contributed by atoms with Crippen molar-refractivity contribution in [3.63, 3.8) is 0 Å². The van der Waals surface area contributed by atoms with Gasteiger partial charge in [-0.1, -0.05) is 48.5 Å². The number of benzene rings is 2. The monoisotopic (exact) mass is 478 g/mol. The molecule has 0 spiro atoms. The van der Waals surface area contributed by atoms with E-state index in [2.05, 4.69) is 64.9 Å². The number of morpholine rings is 1. The largest absolute Gasteiger partial charge is 0.379 e. The summed E-state index contributed by atoms with van der Waals surface area (Å²) in [6.45, 7) is 13.3. The summed E-state index contributed by atoms with van der Waals surface area (Å²) >= 11 is 0. The lowest BCUT2D eigenvalue weighted by Crippen LogP contribution is -2.55. The third kappa shape index (κ3) is 7.46. The van der Waals surface area contributed by atoms with Crippen molar-refractivity contribution >= 4 is 12.0 Å². The minimum atomic E-state index is -0.529. The first-order valence-corrected chi connectivity index (χ1v) is 12.6. The lowest BCUT2D eigenvalue weighted by Gasteiger charge is -2.44. The van der Waals surface area contributed by atoms with Crippen LogP contribution in [0, 0.1) is 0 Å². The fourth-order valence-corrected chi connectivity index (χ4v) is 5.16. The first kappa shape index (κ1) is 25.5. The predicted molar refractivity (Wildman–Crippen MR) is 138 cm³/mol. The minimum Gasteiger partial charge on any atom is -0.379 e. The Morgan fingerprint density at radius 1 is 0.943 bits per heavy atom. The second kappa shape index (κ2) is 12.4. The molecule has 0 aromatic heterocycles. The standard InChI is InChI=1S/C28H38N4O3/c1-22-17-31(19-25-8-6-24(7-9-25)10-11-28(33)29-34)18-23(2)32(22)21-27-5-3-4-26(16-27)20-30-12-14-35-15-13-30/h3-11,16,22-23,34H,12-15,17-21H2,1-2H3,(H,29,33)/b11-10+/t22-,23?/m1/s1. The average molecular weight is 479 g/mol. The van der Waals surface area contributed by atoms with Gasteiger partial charge in [0.15, 0.2) is 0 Å². The molecule has 2 heterocycles. The van der Waals surface area contributed by atoms with Crippen LogP contribution in [-0.4, -0.2) is 77.3 Å². The van der Waals surface area contributed by atoms with Crippen LogP contribution >= 0.6 is 0 Å². The van der Waals surface area contributed by atoms with E-state index in [1.807, 2.05) is 12.1 Å². The normalized spacial score (nSPS) is 22.5. The summed E-state index contributed by atoms with van der Waals surface area (Å²) in [5.41, 5.74) is 6.57. The average Bonchev–Trinajstić information content (AvgIpc) is 2.86. The predicted octanol–water partition coefficient (Wildman–Crippen LogP) is 3.13. The van der Waals surface area contributed by atoms with Gasteiger partial charge >= 0.3 is 0 Å². The van der Waals surface area contributed by atoms with Gasteiger partial charge in [0, 0.05) is 64.0 Å². The molecule has 1 unspecified atom stereocenters. The van der Waals surface area contributed by atoms with E-state index in [1.165, 1.54) is 22.8 Å². The Morgan fingerprint density at radius 2 is 1.57 bits per heavy atom. The molecule has 7 heteroatoms. The summed E-state index contributed by atoms with van der Waals surface area (Å²) in [6.07, 6.45) is 3.00. The van der Waals surface area contributed by atoms with Crippen molar-refractivity contribution in [1.82, 2.24) is 20.2 Å². The van der Waals surface area contributed by atoms with Crippen molar-refractivity contribution in [3.8, 4) is 0 Å². The molecule has 2 aromatic rings. The van der Waals surface area contributed by atoms with Crippen LogP contribution in [0.15, 0.2) is 54.6 Å². The number of rotatable bonds is 8. The molecular formula is C28H38N4O3. The summed E-state index contributed by atoms with van der Waals surface area (Å²) in [7, 11) is 0. The van der Waals surface area contributed by atoms with Gasteiger partial charge in [0.2, 0.25) is 0 Å². The molecule has 2 fully saturated rings. The summed E-state index contributed by atoms with van der Waals surface area (Å²) < 4.78 is 5.48. The fourth-order valence-electron chi connectivity index (χ4n) is 5.16. The van der Waals surface area contributed by atoms with Gasteiger partial charge in [-0.25, -0.2) is 5.48 Å². The van der Waals surface area contributed by atoms with Crippen molar-refractivity contribution in [2.45, 2.75) is 45.6 Å². The van der Waals surface area contributed by atoms with E-state index in [9.17, 15) is 4.79 Å². The maximum Gasteiger partial charge on any atom is 0.267 e. The van der Waals surface area contributed by atoms with E-state index >= 15 is 0 Å². The fraction of sp³-hybridized carbons (Fsp3) is 0.464. The van der Waals surface area contributed by atoms with Crippen molar-refractivity contribution in [2.24, 2.45) is 0 Å². The van der Waals surface area contributed by atoms with Gasteiger partial charge in [0.05, 0.1) is 13.2 Å². The number of carbonyl (C=O) groups is 1. The number of piperazine rings is 1. The van der Waals surface area contributed by atoms with Crippen molar-refractivity contribution in [1.29, 1.82) is 0 Å². The molecule has 2 aliphatic heterocycles. The SMILES string of the molecule is CC1CN(Cc2ccc(/C=C/C(=O)NO)cc2)C[C@@H](C)N1Cc1cccc(CN2CCOCC2)c1. The van der Waals surface area contributed by atoms with Gasteiger partial charge in [-0.2, -0.15) is 0 Å². The summed E-state index contributed by atoms with van der Waals surface area (Å²) in [5, 5.41) is 8.59. The van der Waals surface area contributed by atoms with Gasteiger partial charge in [0.1, 0.15) is 0 Å². The van der Waals surface area contributed by atoms with Crippen molar-refractivity contribution in [3.05, 3.63) is 76.9 Å². The topological polar surface area (TPSA) is 68.3 Å². The van der Waals surface area contributed by atoms with Gasteiger partial charge in [-0.05, 0) is 42.2 Å². The molecule has 0 saturated carbocycles. The Kier molecular flexibility index (Phi) is 9.06. The molecule has 188 valence electrons.